The zero-order valence-corrected chi connectivity index (χ0v) is 15.4. The molecule has 24 heavy (non-hydrogen) atoms. The molecule has 126 valence electrons. The van der Waals surface area contributed by atoms with Crippen molar-refractivity contribution in [1.29, 1.82) is 0 Å². The number of anilines is 1. The number of nitrogens with one attached hydrogen (secondary N) is 1. The standard InChI is InChI=1S/C20H22NP.CH5N/c22-15-8-9-17-16(11-15)18-13-6-7-14(10-13)19(18)20(21-17)12-4-2-1-3-5-12;1-2/h1-5,8-9,11,13-14,18-21H,6-7,10,22H2;2H2,1H3. The van der Waals surface area contributed by atoms with Crippen molar-refractivity contribution < 1.29 is 0 Å². The summed E-state index contributed by atoms with van der Waals surface area (Å²) in [7, 11) is 4.37. The van der Waals surface area contributed by atoms with Crippen LogP contribution in [0.2, 0.25) is 0 Å². The van der Waals surface area contributed by atoms with E-state index in [2.05, 4.69) is 68.8 Å². The Morgan fingerprint density at radius 1 is 1.00 bits per heavy atom. The molecule has 3 heteroatoms. The average molecular weight is 338 g/mol. The van der Waals surface area contributed by atoms with Gasteiger partial charge < -0.3 is 11.1 Å². The number of hydrogen-bond donors (Lipinski definition) is 2. The van der Waals surface area contributed by atoms with E-state index < -0.39 is 0 Å². The second-order valence-corrected chi connectivity index (χ2v) is 7.98. The van der Waals surface area contributed by atoms with Gasteiger partial charge in [-0.1, -0.05) is 36.4 Å². The van der Waals surface area contributed by atoms with E-state index in [1.807, 2.05) is 0 Å². The first-order valence-electron chi connectivity index (χ1n) is 9.10. The third kappa shape index (κ3) is 2.48. The highest BCUT2D eigenvalue weighted by Gasteiger charge is 2.53. The fraction of sp³-hybridized carbons (Fsp3) is 0.429. The Balaban J connectivity index is 0.000000704. The first kappa shape index (κ1) is 16.1. The van der Waals surface area contributed by atoms with E-state index in [0.29, 0.717) is 6.04 Å². The van der Waals surface area contributed by atoms with Crippen molar-refractivity contribution in [3.63, 3.8) is 0 Å². The van der Waals surface area contributed by atoms with Crippen LogP contribution in [-0.2, 0) is 0 Å². The van der Waals surface area contributed by atoms with Crippen molar-refractivity contribution in [3.8, 4) is 0 Å². The van der Waals surface area contributed by atoms with Crippen molar-refractivity contribution in [2.24, 2.45) is 23.5 Å². The zero-order chi connectivity index (χ0) is 16.7. The van der Waals surface area contributed by atoms with E-state index in [-0.39, 0.29) is 0 Å². The van der Waals surface area contributed by atoms with Gasteiger partial charge in [-0.3, -0.25) is 0 Å². The van der Waals surface area contributed by atoms with Crippen molar-refractivity contribution in [2.45, 2.75) is 31.2 Å². The molecule has 2 fully saturated rings. The average Bonchev–Trinajstić information content (AvgIpc) is 3.26. The Morgan fingerprint density at radius 3 is 2.54 bits per heavy atom. The van der Waals surface area contributed by atoms with E-state index >= 15 is 0 Å². The SMILES string of the molecule is CN.Pc1ccc2c(c1)C1C3CCC(C3)C1C(c1ccccc1)N2. The van der Waals surface area contributed by atoms with Gasteiger partial charge in [0.15, 0.2) is 0 Å². The minimum Gasteiger partial charge on any atom is -0.378 e. The van der Waals surface area contributed by atoms with Crippen molar-refractivity contribution in [1.82, 2.24) is 0 Å². The van der Waals surface area contributed by atoms with Crippen LogP contribution in [0.15, 0.2) is 48.5 Å². The molecule has 2 nitrogen and oxygen atoms in total. The molecule has 0 amide bonds. The number of hydrogen-bond acceptors (Lipinski definition) is 2. The first-order chi connectivity index (χ1) is 11.8. The fourth-order valence-electron chi connectivity index (χ4n) is 5.49. The summed E-state index contributed by atoms with van der Waals surface area (Å²) in [5, 5.41) is 5.21. The molecule has 2 aromatic rings. The van der Waals surface area contributed by atoms with Crippen LogP contribution in [0.3, 0.4) is 0 Å². The molecule has 0 radical (unpaired) electrons. The molecule has 1 heterocycles. The maximum atomic E-state index is 4.50. The smallest absolute Gasteiger partial charge is 0.0550 e. The molecule has 0 spiro atoms. The van der Waals surface area contributed by atoms with Crippen molar-refractivity contribution in [2.75, 3.05) is 12.4 Å². The second-order valence-electron chi connectivity index (χ2n) is 7.32. The number of rotatable bonds is 1. The molecule has 6 atom stereocenters. The van der Waals surface area contributed by atoms with Crippen LogP contribution in [0.25, 0.3) is 0 Å². The molecular weight excluding hydrogens is 311 g/mol. The maximum Gasteiger partial charge on any atom is 0.0550 e. The highest BCUT2D eigenvalue weighted by atomic mass is 31.0. The van der Waals surface area contributed by atoms with Gasteiger partial charge in [0, 0.05) is 5.69 Å². The van der Waals surface area contributed by atoms with Gasteiger partial charge in [-0.25, -0.2) is 0 Å². The lowest BCUT2D eigenvalue weighted by Crippen LogP contribution is -2.35. The molecule has 1 aliphatic heterocycles. The monoisotopic (exact) mass is 338 g/mol. The van der Waals surface area contributed by atoms with Crippen LogP contribution in [0, 0.1) is 17.8 Å². The van der Waals surface area contributed by atoms with Crippen LogP contribution in [0.1, 0.15) is 42.3 Å². The Hall–Kier alpha value is -1.37. The molecule has 0 aromatic heterocycles. The first-order valence-corrected chi connectivity index (χ1v) is 9.67. The summed E-state index contributed by atoms with van der Waals surface area (Å²) < 4.78 is 0. The molecule has 0 saturated heterocycles. The Labute approximate surface area is 147 Å². The molecular formula is C21H27N2P. The van der Waals surface area contributed by atoms with E-state index in [0.717, 1.165) is 23.7 Å². The molecule has 2 aromatic carbocycles. The Bertz CT molecular complexity index is 715. The lowest BCUT2D eigenvalue weighted by Gasteiger charge is -2.43. The van der Waals surface area contributed by atoms with E-state index in [9.17, 15) is 0 Å². The summed E-state index contributed by atoms with van der Waals surface area (Å²) in [6.07, 6.45) is 4.32. The number of fused-ring (bicyclic) bond motifs is 7. The van der Waals surface area contributed by atoms with Crippen LogP contribution in [0.5, 0.6) is 0 Å². The molecule has 2 saturated carbocycles. The summed E-state index contributed by atoms with van der Waals surface area (Å²) >= 11 is 0. The highest BCUT2D eigenvalue weighted by Crippen LogP contribution is 2.63. The van der Waals surface area contributed by atoms with Gasteiger partial charge >= 0.3 is 0 Å². The van der Waals surface area contributed by atoms with Crippen LogP contribution in [0.4, 0.5) is 5.69 Å². The van der Waals surface area contributed by atoms with E-state index in [1.54, 1.807) is 5.56 Å². The molecule has 6 unspecified atom stereocenters. The lowest BCUT2D eigenvalue weighted by molar-refractivity contribution is 0.248. The molecule has 2 bridgehead atoms. The van der Waals surface area contributed by atoms with Crippen LogP contribution < -0.4 is 16.4 Å². The fourth-order valence-corrected chi connectivity index (χ4v) is 5.77. The van der Waals surface area contributed by atoms with Gasteiger partial charge in [0.05, 0.1) is 6.04 Å². The van der Waals surface area contributed by atoms with Gasteiger partial charge in [-0.05, 0) is 78.5 Å². The van der Waals surface area contributed by atoms with Crippen molar-refractivity contribution >= 4 is 20.2 Å². The predicted molar refractivity (Wildman–Crippen MR) is 106 cm³/mol. The predicted octanol–water partition coefficient (Wildman–Crippen LogP) is 4.06. The maximum absolute atomic E-state index is 4.50. The summed E-state index contributed by atoms with van der Waals surface area (Å²) in [4.78, 5) is 0. The lowest BCUT2D eigenvalue weighted by atomic mass is 9.68. The zero-order valence-electron chi connectivity index (χ0n) is 14.3. The van der Waals surface area contributed by atoms with E-state index in [1.165, 1.54) is 42.9 Å². The minimum absolute atomic E-state index is 0.490. The summed E-state index contributed by atoms with van der Waals surface area (Å²) in [6, 6.07) is 18.5. The minimum atomic E-state index is 0.490. The number of benzene rings is 2. The van der Waals surface area contributed by atoms with Gasteiger partial charge in [0.2, 0.25) is 0 Å². The van der Waals surface area contributed by atoms with Gasteiger partial charge in [-0.15, -0.1) is 9.24 Å². The van der Waals surface area contributed by atoms with Crippen LogP contribution in [-0.4, -0.2) is 7.05 Å². The third-order valence-electron chi connectivity index (χ3n) is 6.27. The number of nitrogens with two attached hydrogens (primary N) is 1. The quantitative estimate of drug-likeness (QED) is 0.770. The molecule has 2 aliphatic carbocycles. The van der Waals surface area contributed by atoms with Gasteiger partial charge in [0.25, 0.3) is 0 Å². The van der Waals surface area contributed by atoms with Crippen molar-refractivity contribution in [3.05, 3.63) is 59.7 Å². The summed E-state index contributed by atoms with van der Waals surface area (Å²) in [6.45, 7) is 0. The summed E-state index contributed by atoms with van der Waals surface area (Å²) in [5.74, 6) is 3.36. The Kier molecular flexibility index (Phi) is 4.37. The van der Waals surface area contributed by atoms with Gasteiger partial charge in [-0.2, -0.15) is 0 Å². The van der Waals surface area contributed by atoms with Crippen LogP contribution >= 0.6 is 9.24 Å². The molecule has 3 aliphatic rings. The topological polar surface area (TPSA) is 38.0 Å². The van der Waals surface area contributed by atoms with E-state index in [4.69, 9.17) is 0 Å². The van der Waals surface area contributed by atoms with Gasteiger partial charge in [0.1, 0.15) is 0 Å². The molecule has 3 N–H and O–H groups in total. The second kappa shape index (κ2) is 6.50. The largest absolute Gasteiger partial charge is 0.378 e. The normalized spacial score (nSPS) is 32.2. The highest BCUT2D eigenvalue weighted by molar-refractivity contribution is 7.27. The summed E-state index contributed by atoms with van der Waals surface area (Å²) in [5.41, 5.74) is 8.91. The Morgan fingerprint density at radius 2 is 1.75 bits per heavy atom. The molecule has 5 rings (SSSR count). The third-order valence-corrected chi connectivity index (χ3v) is 6.63.